The molecule has 0 saturated carbocycles. The predicted molar refractivity (Wildman–Crippen MR) is 335 cm³/mol. The Morgan fingerprint density at radius 1 is 0.295 bits per heavy atom. The number of nitrogens with zero attached hydrogens (tertiary/aromatic N) is 2. The van der Waals surface area contributed by atoms with Crippen LogP contribution in [0.2, 0.25) is 0 Å². The SMILES string of the molecule is c1ccc(-c2cc(-c3ccccc3)cc(N3c4cc5c(cc4B4c6cc7sc8ccccc8c7cc6N(c6cc(-c7ccccc7)cc(-c7ccccc7)c6)c6c4c3cc3oc4ccccc4c63)sc3ccccc35)c2)cc1. The van der Waals surface area contributed by atoms with Crippen LogP contribution in [0.4, 0.5) is 34.1 Å². The van der Waals surface area contributed by atoms with Crippen molar-refractivity contribution in [1.82, 2.24) is 0 Å². The molecule has 0 aliphatic carbocycles. The van der Waals surface area contributed by atoms with Gasteiger partial charge in [0.15, 0.2) is 0 Å². The summed E-state index contributed by atoms with van der Waals surface area (Å²) < 4.78 is 12.4. The average molecular weight is 1030 g/mol. The lowest BCUT2D eigenvalue weighted by Gasteiger charge is -2.44. The maximum absolute atomic E-state index is 7.22. The molecule has 0 N–H and O–H groups in total. The highest BCUT2D eigenvalue weighted by Crippen LogP contribution is 2.53. The highest BCUT2D eigenvalue weighted by molar-refractivity contribution is 7.26. The normalized spacial score (nSPS) is 12.8. The molecule has 3 nitrogen and oxygen atoms in total. The van der Waals surface area contributed by atoms with E-state index >= 15 is 0 Å². The lowest BCUT2D eigenvalue weighted by Crippen LogP contribution is -2.61. The van der Waals surface area contributed by atoms with Gasteiger partial charge in [-0.1, -0.05) is 176 Å². The van der Waals surface area contributed by atoms with Crippen LogP contribution >= 0.6 is 22.7 Å². The largest absolute Gasteiger partial charge is 0.456 e. The van der Waals surface area contributed by atoms with Gasteiger partial charge >= 0.3 is 0 Å². The smallest absolute Gasteiger partial charge is 0.252 e. The van der Waals surface area contributed by atoms with Crippen LogP contribution in [-0.2, 0) is 0 Å². The molecule has 0 spiro atoms. The first-order valence-corrected chi connectivity index (χ1v) is 28.3. The average Bonchev–Trinajstić information content (AvgIpc) is 2.94. The van der Waals surface area contributed by atoms with E-state index in [2.05, 4.69) is 271 Å². The predicted octanol–water partition coefficient (Wildman–Crippen LogP) is 19.1. The second kappa shape index (κ2) is 17.0. The zero-order valence-electron chi connectivity index (χ0n) is 42.0. The Bertz CT molecular complexity index is 4800. The molecule has 362 valence electrons. The van der Waals surface area contributed by atoms with Gasteiger partial charge in [-0.05, 0) is 140 Å². The minimum absolute atomic E-state index is 0.147. The topological polar surface area (TPSA) is 19.6 Å². The van der Waals surface area contributed by atoms with E-state index in [9.17, 15) is 0 Å². The van der Waals surface area contributed by atoms with Crippen LogP contribution in [0.25, 0.3) is 107 Å². The highest BCUT2D eigenvalue weighted by Gasteiger charge is 2.46. The summed E-state index contributed by atoms with van der Waals surface area (Å²) in [5.41, 5.74) is 21.6. The highest BCUT2D eigenvalue weighted by atomic mass is 32.1. The Morgan fingerprint density at radius 2 is 0.705 bits per heavy atom. The molecular weight excluding hydrogens is 984 g/mol. The number of hydrogen-bond acceptors (Lipinski definition) is 5. The Morgan fingerprint density at radius 3 is 1.19 bits per heavy atom. The standard InChI is InChI=1S/C72H43BN2OS2/c1-5-19-44(20-6-1)48-33-49(45-21-7-2-8-22-45)36-52(35-48)74-61-39-57-54-27-14-17-31-66(54)77-68(57)41-59(61)73-60-42-69-58(55-28-15-18-32-67(55)78-69)40-62(60)75(72-70-56-29-13-16-30-64(56)76-65(70)43-63(74)71(72)73)53-37-50(46-23-9-3-10-24-46)34-51(38-53)47-25-11-4-12-26-47/h1-43H. The maximum Gasteiger partial charge on any atom is 0.252 e. The molecule has 5 heterocycles. The molecule has 2 aliphatic heterocycles. The Kier molecular flexibility index (Phi) is 9.55. The lowest BCUT2D eigenvalue weighted by atomic mass is 9.33. The third-order valence-electron chi connectivity index (χ3n) is 16.3. The minimum Gasteiger partial charge on any atom is -0.456 e. The first-order chi connectivity index (χ1) is 38.6. The Balaban J connectivity index is 1.06. The molecule has 0 bridgehead atoms. The number of hydrogen-bond donors (Lipinski definition) is 0. The number of fused-ring (bicyclic) bond motifs is 14. The van der Waals surface area contributed by atoms with E-state index in [-0.39, 0.29) is 6.71 Å². The van der Waals surface area contributed by atoms with E-state index in [0.717, 1.165) is 66.9 Å². The van der Waals surface area contributed by atoms with Crippen LogP contribution in [0.5, 0.6) is 0 Å². The Hall–Kier alpha value is -9.46. The summed E-state index contributed by atoms with van der Waals surface area (Å²) in [6, 6.07) is 96.8. The summed E-state index contributed by atoms with van der Waals surface area (Å²) in [4.78, 5) is 5.20. The maximum atomic E-state index is 7.22. The van der Waals surface area contributed by atoms with Crippen LogP contribution in [-0.4, -0.2) is 6.71 Å². The van der Waals surface area contributed by atoms with Crippen molar-refractivity contribution in [3.8, 4) is 44.5 Å². The third kappa shape index (κ3) is 6.64. The molecule has 0 unspecified atom stereocenters. The fraction of sp³-hybridized carbons (Fsp3) is 0. The van der Waals surface area contributed by atoms with E-state index in [1.807, 2.05) is 22.7 Å². The molecule has 0 atom stereocenters. The van der Waals surface area contributed by atoms with Crippen molar-refractivity contribution in [2.24, 2.45) is 0 Å². The van der Waals surface area contributed by atoms with Crippen LogP contribution in [0.1, 0.15) is 0 Å². The minimum atomic E-state index is -0.147. The van der Waals surface area contributed by atoms with Gasteiger partial charge in [-0.25, -0.2) is 0 Å². The monoisotopic (exact) mass is 1030 g/mol. The van der Waals surface area contributed by atoms with Crippen molar-refractivity contribution in [2.75, 3.05) is 9.80 Å². The number of thiophene rings is 2. The van der Waals surface area contributed by atoms with Crippen LogP contribution in [0.15, 0.2) is 265 Å². The molecule has 6 heteroatoms. The van der Waals surface area contributed by atoms with Crippen LogP contribution < -0.4 is 26.2 Å². The first kappa shape index (κ1) is 43.8. The van der Waals surface area contributed by atoms with Crippen molar-refractivity contribution in [3.05, 3.63) is 261 Å². The second-order valence-corrected chi connectivity index (χ2v) is 22.9. The van der Waals surface area contributed by atoms with Gasteiger partial charge in [0.1, 0.15) is 11.2 Å². The molecule has 0 amide bonds. The quantitative estimate of drug-likeness (QED) is 0.155. The molecule has 12 aromatic carbocycles. The van der Waals surface area contributed by atoms with Gasteiger partial charge in [-0.2, -0.15) is 0 Å². The van der Waals surface area contributed by atoms with Gasteiger partial charge in [0.25, 0.3) is 6.71 Å². The van der Waals surface area contributed by atoms with E-state index in [1.165, 1.54) is 90.4 Å². The van der Waals surface area contributed by atoms with E-state index in [0.29, 0.717) is 0 Å². The molecule has 3 aromatic heterocycles. The zero-order chi connectivity index (χ0) is 51.0. The number of rotatable bonds is 6. The molecular formula is C72H43BN2OS2. The summed E-state index contributed by atoms with van der Waals surface area (Å²) in [6.07, 6.45) is 0. The van der Waals surface area contributed by atoms with E-state index in [1.54, 1.807) is 0 Å². The molecule has 15 aromatic rings. The third-order valence-corrected chi connectivity index (χ3v) is 18.6. The van der Waals surface area contributed by atoms with Crippen molar-refractivity contribution in [1.29, 1.82) is 0 Å². The van der Waals surface area contributed by atoms with Gasteiger partial charge < -0.3 is 14.2 Å². The van der Waals surface area contributed by atoms with Gasteiger partial charge in [0.2, 0.25) is 0 Å². The zero-order valence-corrected chi connectivity index (χ0v) is 43.7. The van der Waals surface area contributed by atoms with Crippen LogP contribution in [0, 0.1) is 0 Å². The summed E-state index contributed by atoms with van der Waals surface area (Å²) in [6.45, 7) is -0.147. The molecule has 0 fully saturated rings. The fourth-order valence-electron chi connectivity index (χ4n) is 12.9. The van der Waals surface area contributed by atoms with E-state index < -0.39 is 0 Å². The van der Waals surface area contributed by atoms with Gasteiger partial charge in [0, 0.05) is 80.2 Å². The summed E-state index contributed by atoms with van der Waals surface area (Å²) >= 11 is 3.79. The molecule has 0 radical (unpaired) electrons. The van der Waals surface area contributed by atoms with Crippen molar-refractivity contribution in [2.45, 2.75) is 0 Å². The van der Waals surface area contributed by atoms with Crippen molar-refractivity contribution < 1.29 is 4.42 Å². The summed E-state index contributed by atoms with van der Waals surface area (Å²) in [7, 11) is 0. The van der Waals surface area contributed by atoms with Gasteiger partial charge in [-0.15, -0.1) is 22.7 Å². The molecule has 78 heavy (non-hydrogen) atoms. The fourth-order valence-corrected chi connectivity index (χ4v) is 15.2. The Labute approximate surface area is 458 Å². The number of para-hydroxylation sites is 1. The van der Waals surface area contributed by atoms with Gasteiger partial charge in [0.05, 0.1) is 11.1 Å². The first-order valence-electron chi connectivity index (χ1n) is 26.7. The second-order valence-electron chi connectivity index (χ2n) is 20.7. The van der Waals surface area contributed by atoms with Gasteiger partial charge in [-0.3, -0.25) is 0 Å². The number of anilines is 6. The van der Waals surface area contributed by atoms with Crippen molar-refractivity contribution >= 4 is 142 Å². The van der Waals surface area contributed by atoms with E-state index in [4.69, 9.17) is 4.42 Å². The number of furan rings is 1. The lowest BCUT2D eigenvalue weighted by molar-refractivity contribution is 0.669. The molecule has 17 rings (SSSR count). The van der Waals surface area contributed by atoms with Crippen molar-refractivity contribution in [3.63, 3.8) is 0 Å². The summed E-state index contributed by atoms with van der Waals surface area (Å²) in [5, 5.41) is 7.28. The molecule has 0 saturated heterocycles. The van der Waals surface area contributed by atoms with Crippen LogP contribution in [0.3, 0.4) is 0 Å². The molecule has 2 aliphatic rings. The summed E-state index contributed by atoms with van der Waals surface area (Å²) in [5.74, 6) is 0. The number of benzene rings is 12.